The molecule has 1 aromatic carbocycles. The topological polar surface area (TPSA) is 35.9 Å². The van der Waals surface area contributed by atoms with E-state index in [4.69, 9.17) is 4.74 Å². The van der Waals surface area contributed by atoms with E-state index in [2.05, 4.69) is 60.9 Å². The zero-order valence-corrected chi connectivity index (χ0v) is 17.9. The summed E-state index contributed by atoms with van der Waals surface area (Å²) in [5.41, 5.74) is 2.02. The lowest BCUT2D eigenvalue weighted by Crippen LogP contribution is -2.48. The SMILES string of the molecule is CC1(C)[C@H]2CC[C@@]1(C)[C@@H](OCC[C@H](O)CN1CCN(c3ccccc3)CC1)C2. The van der Waals surface area contributed by atoms with Crippen LogP contribution in [0.4, 0.5) is 5.69 Å². The number of hydrogen-bond acceptors (Lipinski definition) is 4. The van der Waals surface area contributed by atoms with Gasteiger partial charge in [0.25, 0.3) is 0 Å². The van der Waals surface area contributed by atoms with Crippen LogP contribution in [0.1, 0.15) is 46.5 Å². The van der Waals surface area contributed by atoms with Crippen molar-refractivity contribution in [2.45, 2.75) is 58.7 Å². The minimum atomic E-state index is -0.289. The molecule has 0 amide bonds. The van der Waals surface area contributed by atoms with Gasteiger partial charge in [-0.15, -0.1) is 0 Å². The zero-order chi connectivity index (χ0) is 19.8. The number of β-amino-alcohol motifs (C(OH)–C–C–N with tert-alkyl or cyclic N) is 1. The van der Waals surface area contributed by atoms with E-state index in [1.807, 2.05) is 0 Å². The minimum absolute atomic E-state index is 0.289. The predicted octanol–water partition coefficient (Wildman–Crippen LogP) is 3.79. The molecular formula is C24H38N2O2. The third kappa shape index (κ3) is 3.71. The van der Waals surface area contributed by atoms with Gasteiger partial charge < -0.3 is 14.7 Å². The fraction of sp³-hybridized carbons (Fsp3) is 0.750. The standard InChI is InChI=1S/C24H38N2O2/c1-23(2)19-9-11-24(23,3)22(17-19)28-16-10-21(27)18-25-12-14-26(15-13-25)20-7-5-4-6-8-20/h4-8,19,21-22,27H,9-18H2,1-3H3/t19-,21-,22-,24-/m0/s1. The number of benzene rings is 1. The number of aliphatic hydroxyl groups excluding tert-OH is 1. The second kappa shape index (κ2) is 7.97. The van der Waals surface area contributed by atoms with Crippen molar-refractivity contribution in [3.63, 3.8) is 0 Å². The molecule has 3 fully saturated rings. The molecule has 0 spiro atoms. The highest BCUT2D eigenvalue weighted by Crippen LogP contribution is 2.66. The smallest absolute Gasteiger partial charge is 0.0689 e. The molecule has 3 aliphatic rings. The Bertz CT molecular complexity index is 641. The summed E-state index contributed by atoms with van der Waals surface area (Å²) in [6, 6.07) is 10.6. The number of hydrogen-bond donors (Lipinski definition) is 1. The summed E-state index contributed by atoms with van der Waals surface area (Å²) in [7, 11) is 0. The van der Waals surface area contributed by atoms with Crippen molar-refractivity contribution in [1.82, 2.24) is 4.90 Å². The van der Waals surface area contributed by atoms with E-state index in [-0.39, 0.29) is 6.10 Å². The van der Waals surface area contributed by atoms with Crippen LogP contribution in [0.3, 0.4) is 0 Å². The molecule has 4 atom stereocenters. The Labute approximate surface area is 170 Å². The van der Waals surface area contributed by atoms with Crippen LogP contribution in [0.25, 0.3) is 0 Å². The minimum Gasteiger partial charge on any atom is -0.392 e. The summed E-state index contributed by atoms with van der Waals surface area (Å²) in [5.74, 6) is 0.813. The van der Waals surface area contributed by atoms with Gasteiger partial charge >= 0.3 is 0 Å². The number of fused-ring (bicyclic) bond motifs is 2. The monoisotopic (exact) mass is 386 g/mol. The van der Waals surface area contributed by atoms with Crippen LogP contribution in [-0.4, -0.2) is 61.5 Å². The Balaban J connectivity index is 1.17. The van der Waals surface area contributed by atoms with Crippen LogP contribution in [0.15, 0.2) is 30.3 Å². The molecule has 28 heavy (non-hydrogen) atoms. The maximum absolute atomic E-state index is 10.5. The Kier molecular flexibility index (Phi) is 5.74. The quantitative estimate of drug-likeness (QED) is 0.773. The van der Waals surface area contributed by atoms with Gasteiger partial charge in [0.2, 0.25) is 0 Å². The van der Waals surface area contributed by atoms with Crippen molar-refractivity contribution in [3.05, 3.63) is 30.3 Å². The molecule has 4 rings (SSSR count). The number of anilines is 1. The van der Waals surface area contributed by atoms with E-state index >= 15 is 0 Å². The second-order valence-corrected chi connectivity index (χ2v) is 10.0. The third-order valence-corrected chi connectivity index (χ3v) is 8.45. The molecular weight excluding hydrogens is 348 g/mol. The molecule has 1 saturated heterocycles. The number of nitrogens with zero attached hydrogens (tertiary/aromatic N) is 2. The first kappa shape index (κ1) is 20.2. The molecule has 2 saturated carbocycles. The van der Waals surface area contributed by atoms with Gasteiger partial charge in [-0.05, 0) is 54.6 Å². The highest BCUT2D eigenvalue weighted by Gasteiger charge is 2.61. The Hall–Kier alpha value is -1.10. The maximum Gasteiger partial charge on any atom is 0.0689 e. The average Bonchev–Trinajstić information content (AvgIpc) is 3.03. The Morgan fingerprint density at radius 1 is 1.11 bits per heavy atom. The lowest BCUT2D eigenvalue weighted by molar-refractivity contribution is -0.0564. The first-order valence-corrected chi connectivity index (χ1v) is 11.2. The van der Waals surface area contributed by atoms with Gasteiger partial charge in [0.1, 0.15) is 0 Å². The summed E-state index contributed by atoms with van der Waals surface area (Å²) in [6.45, 7) is 12.8. The van der Waals surface area contributed by atoms with Crippen LogP contribution < -0.4 is 4.90 Å². The van der Waals surface area contributed by atoms with Crippen molar-refractivity contribution < 1.29 is 9.84 Å². The molecule has 1 aliphatic heterocycles. The highest BCUT2D eigenvalue weighted by atomic mass is 16.5. The Morgan fingerprint density at radius 3 is 2.43 bits per heavy atom. The second-order valence-electron chi connectivity index (χ2n) is 10.0. The van der Waals surface area contributed by atoms with Gasteiger partial charge in [0, 0.05) is 45.0 Å². The summed E-state index contributed by atoms with van der Waals surface area (Å²) in [6.07, 6.45) is 4.70. The molecule has 1 heterocycles. The fourth-order valence-electron chi connectivity index (χ4n) is 5.95. The Morgan fingerprint density at radius 2 is 1.82 bits per heavy atom. The van der Waals surface area contributed by atoms with Crippen molar-refractivity contribution in [2.75, 3.05) is 44.2 Å². The van der Waals surface area contributed by atoms with Crippen LogP contribution in [0, 0.1) is 16.7 Å². The van der Waals surface area contributed by atoms with E-state index in [1.165, 1.54) is 24.9 Å². The number of aliphatic hydroxyl groups is 1. The van der Waals surface area contributed by atoms with Crippen molar-refractivity contribution in [3.8, 4) is 0 Å². The number of piperazine rings is 1. The van der Waals surface area contributed by atoms with Crippen LogP contribution >= 0.6 is 0 Å². The summed E-state index contributed by atoms with van der Waals surface area (Å²) >= 11 is 0. The molecule has 0 aromatic heterocycles. The molecule has 1 aromatic rings. The summed E-state index contributed by atoms with van der Waals surface area (Å²) < 4.78 is 6.32. The van der Waals surface area contributed by atoms with Gasteiger partial charge in [-0.3, -0.25) is 4.90 Å². The van der Waals surface area contributed by atoms with Crippen molar-refractivity contribution in [2.24, 2.45) is 16.7 Å². The lowest BCUT2D eigenvalue weighted by Gasteiger charge is -2.39. The van der Waals surface area contributed by atoms with Crippen LogP contribution in [0.2, 0.25) is 0 Å². The van der Waals surface area contributed by atoms with Gasteiger partial charge in [-0.25, -0.2) is 0 Å². The maximum atomic E-state index is 10.5. The van der Waals surface area contributed by atoms with E-state index in [0.717, 1.165) is 45.1 Å². The number of para-hydroxylation sites is 1. The lowest BCUT2D eigenvalue weighted by atomic mass is 9.70. The van der Waals surface area contributed by atoms with E-state index in [0.29, 0.717) is 23.5 Å². The van der Waals surface area contributed by atoms with Crippen LogP contribution in [-0.2, 0) is 4.74 Å². The molecule has 1 N–H and O–H groups in total. The summed E-state index contributed by atoms with van der Waals surface area (Å²) in [5, 5.41) is 10.5. The van der Waals surface area contributed by atoms with Gasteiger partial charge in [-0.2, -0.15) is 0 Å². The van der Waals surface area contributed by atoms with Gasteiger partial charge in [0.05, 0.1) is 12.2 Å². The van der Waals surface area contributed by atoms with Gasteiger partial charge in [0.15, 0.2) is 0 Å². The largest absolute Gasteiger partial charge is 0.392 e. The fourth-order valence-corrected chi connectivity index (χ4v) is 5.95. The molecule has 4 nitrogen and oxygen atoms in total. The van der Waals surface area contributed by atoms with Crippen LogP contribution in [0.5, 0.6) is 0 Å². The normalized spacial score (nSPS) is 33.4. The molecule has 2 bridgehead atoms. The molecule has 156 valence electrons. The van der Waals surface area contributed by atoms with E-state index in [9.17, 15) is 5.11 Å². The summed E-state index contributed by atoms with van der Waals surface area (Å²) in [4.78, 5) is 4.83. The highest BCUT2D eigenvalue weighted by molar-refractivity contribution is 5.46. The zero-order valence-electron chi connectivity index (χ0n) is 17.9. The number of ether oxygens (including phenoxy) is 1. The van der Waals surface area contributed by atoms with E-state index in [1.54, 1.807) is 0 Å². The molecule has 2 aliphatic carbocycles. The average molecular weight is 387 g/mol. The first-order valence-electron chi connectivity index (χ1n) is 11.2. The van der Waals surface area contributed by atoms with Gasteiger partial charge in [-0.1, -0.05) is 39.0 Å². The molecule has 0 radical (unpaired) electrons. The number of rotatable bonds is 7. The molecule has 0 unspecified atom stereocenters. The van der Waals surface area contributed by atoms with Crippen molar-refractivity contribution >= 4 is 5.69 Å². The predicted molar refractivity (Wildman–Crippen MR) is 115 cm³/mol. The third-order valence-electron chi connectivity index (χ3n) is 8.45. The first-order chi connectivity index (χ1) is 13.4. The van der Waals surface area contributed by atoms with E-state index < -0.39 is 0 Å². The molecule has 4 heteroatoms. The van der Waals surface area contributed by atoms with Crippen molar-refractivity contribution in [1.29, 1.82) is 0 Å².